The van der Waals surface area contributed by atoms with E-state index in [4.69, 9.17) is 9.47 Å². The normalized spacial score (nSPS) is 22.1. The van der Waals surface area contributed by atoms with Crippen LogP contribution in [-0.4, -0.2) is 79.7 Å². The molecule has 9 nitrogen and oxygen atoms in total. The van der Waals surface area contributed by atoms with Crippen LogP contribution in [0.2, 0.25) is 0 Å². The second-order valence-corrected chi connectivity index (χ2v) is 8.96. The van der Waals surface area contributed by atoms with Crippen molar-refractivity contribution in [2.24, 2.45) is 5.92 Å². The summed E-state index contributed by atoms with van der Waals surface area (Å²) in [7, 11) is 3.34. The van der Waals surface area contributed by atoms with Gasteiger partial charge < -0.3 is 29.9 Å². The van der Waals surface area contributed by atoms with Crippen molar-refractivity contribution < 1.29 is 23.9 Å². The van der Waals surface area contributed by atoms with Crippen LogP contribution in [0.1, 0.15) is 51.4 Å². The van der Waals surface area contributed by atoms with Crippen molar-refractivity contribution in [1.82, 2.24) is 15.1 Å². The Balaban J connectivity index is 2.41. The fraction of sp³-hybridized carbons (Fsp3) is 0.625. The van der Waals surface area contributed by atoms with E-state index < -0.39 is 0 Å². The average Bonchev–Trinajstić information content (AvgIpc) is 2.76. The molecule has 0 saturated heterocycles. The number of carbonyl (C=O) groups is 3. The molecular weight excluding hydrogens is 424 g/mol. The van der Waals surface area contributed by atoms with Gasteiger partial charge >= 0.3 is 6.03 Å². The molecule has 3 atom stereocenters. The topological polar surface area (TPSA) is 100 Å². The van der Waals surface area contributed by atoms with Gasteiger partial charge in [0.05, 0.1) is 17.7 Å². The molecule has 0 unspecified atom stereocenters. The number of fused-ring (bicyclic) bond motifs is 1. The van der Waals surface area contributed by atoms with Gasteiger partial charge in [0.1, 0.15) is 12.4 Å². The molecule has 0 saturated carbocycles. The van der Waals surface area contributed by atoms with Crippen LogP contribution in [0.4, 0.5) is 10.5 Å². The zero-order valence-corrected chi connectivity index (χ0v) is 20.8. The van der Waals surface area contributed by atoms with Gasteiger partial charge in [0, 0.05) is 57.4 Å². The Morgan fingerprint density at radius 2 is 1.94 bits per heavy atom. The monoisotopic (exact) mass is 462 g/mol. The first kappa shape index (κ1) is 26.4. The zero-order chi connectivity index (χ0) is 24.7. The molecule has 1 heterocycles. The van der Waals surface area contributed by atoms with E-state index in [-0.39, 0.29) is 48.6 Å². The minimum atomic E-state index is -0.341. The Morgan fingerprint density at radius 3 is 2.55 bits per heavy atom. The van der Waals surface area contributed by atoms with E-state index in [1.807, 2.05) is 39.5 Å². The third-order valence-electron chi connectivity index (χ3n) is 5.75. The van der Waals surface area contributed by atoms with E-state index in [1.54, 1.807) is 37.3 Å². The molecule has 4 amide bonds. The largest absolute Gasteiger partial charge is 0.491 e. The summed E-state index contributed by atoms with van der Waals surface area (Å²) in [6.07, 6.45) is 0.158. The summed E-state index contributed by atoms with van der Waals surface area (Å²) in [5.41, 5.74) is 0.892. The maximum absolute atomic E-state index is 13.2. The van der Waals surface area contributed by atoms with Crippen LogP contribution in [0.25, 0.3) is 0 Å². The number of hydrogen-bond acceptors (Lipinski definition) is 5. The van der Waals surface area contributed by atoms with Gasteiger partial charge in [-0.2, -0.15) is 0 Å². The van der Waals surface area contributed by atoms with Crippen LogP contribution >= 0.6 is 0 Å². The predicted octanol–water partition coefficient (Wildman–Crippen LogP) is 2.96. The molecule has 2 N–H and O–H groups in total. The Bertz CT molecular complexity index is 844. The van der Waals surface area contributed by atoms with Crippen molar-refractivity contribution in [3.63, 3.8) is 0 Å². The second-order valence-electron chi connectivity index (χ2n) is 8.96. The third kappa shape index (κ3) is 7.08. The Hall–Kier alpha value is -2.81. The molecule has 33 heavy (non-hydrogen) atoms. The molecule has 1 aliphatic rings. The van der Waals surface area contributed by atoms with Crippen molar-refractivity contribution in [2.75, 3.05) is 39.2 Å². The van der Waals surface area contributed by atoms with E-state index in [2.05, 4.69) is 10.6 Å². The highest BCUT2D eigenvalue weighted by molar-refractivity contribution is 5.98. The van der Waals surface area contributed by atoms with Crippen molar-refractivity contribution in [3.8, 4) is 5.75 Å². The minimum absolute atomic E-state index is 0.0141. The summed E-state index contributed by atoms with van der Waals surface area (Å²) in [5, 5.41) is 5.53. The van der Waals surface area contributed by atoms with Crippen LogP contribution < -0.4 is 15.4 Å². The number of ether oxygens (including phenoxy) is 2. The summed E-state index contributed by atoms with van der Waals surface area (Å²) >= 11 is 0. The lowest BCUT2D eigenvalue weighted by Gasteiger charge is -2.36. The van der Waals surface area contributed by atoms with Gasteiger partial charge in [-0.1, -0.05) is 13.8 Å². The standard InChI is InChI=1S/C24H38N4O5/c1-8-22(29)28-12-16(4)21(32-7)13-27(6)23(30)19-10-9-18(26-24(31)25-15(2)3)11-20(19)33-14-17(28)5/h9-11,15-17,21H,8,12-14H2,1-7H3,(H2,25,26,31)/t16-,17+,21-/m0/s1. The van der Waals surface area contributed by atoms with Crippen molar-refractivity contribution in [2.45, 2.75) is 59.2 Å². The molecule has 1 aromatic rings. The first-order valence-electron chi connectivity index (χ1n) is 11.5. The van der Waals surface area contributed by atoms with Gasteiger partial charge in [-0.05, 0) is 32.9 Å². The average molecular weight is 463 g/mol. The van der Waals surface area contributed by atoms with Gasteiger partial charge in [-0.25, -0.2) is 4.79 Å². The zero-order valence-electron chi connectivity index (χ0n) is 20.8. The van der Waals surface area contributed by atoms with Gasteiger partial charge in [-0.3, -0.25) is 9.59 Å². The number of amides is 4. The number of anilines is 1. The SMILES string of the molecule is CCC(=O)N1C[C@H](C)[C@@H](OC)CN(C)C(=O)c2ccc(NC(=O)NC(C)C)cc2OC[C@H]1C. The summed E-state index contributed by atoms with van der Waals surface area (Å²) in [4.78, 5) is 41.4. The summed E-state index contributed by atoms with van der Waals surface area (Å²) in [6.45, 7) is 10.6. The molecule has 9 heteroatoms. The number of likely N-dealkylation sites (N-methyl/N-ethyl adjacent to an activating group) is 1. The second kappa shape index (κ2) is 11.9. The highest BCUT2D eigenvalue weighted by Gasteiger charge is 2.29. The number of nitrogens with one attached hydrogen (secondary N) is 2. The Labute approximate surface area is 196 Å². The number of urea groups is 1. The lowest BCUT2D eigenvalue weighted by molar-refractivity contribution is -0.135. The summed E-state index contributed by atoms with van der Waals surface area (Å²) in [5.74, 6) is 0.211. The highest BCUT2D eigenvalue weighted by Crippen LogP contribution is 2.27. The Morgan fingerprint density at radius 1 is 1.24 bits per heavy atom. The number of hydrogen-bond donors (Lipinski definition) is 2. The molecule has 0 fully saturated rings. The summed E-state index contributed by atoms with van der Waals surface area (Å²) in [6, 6.07) is 4.40. The van der Waals surface area contributed by atoms with Crippen LogP contribution in [0.3, 0.4) is 0 Å². The smallest absolute Gasteiger partial charge is 0.319 e. The van der Waals surface area contributed by atoms with Crippen LogP contribution in [0.15, 0.2) is 18.2 Å². The molecule has 1 aromatic carbocycles. The van der Waals surface area contributed by atoms with Crippen molar-refractivity contribution >= 4 is 23.5 Å². The molecule has 0 aromatic heterocycles. The van der Waals surface area contributed by atoms with Gasteiger partial charge in [-0.15, -0.1) is 0 Å². The number of methoxy groups -OCH3 is 1. The van der Waals surface area contributed by atoms with Gasteiger partial charge in [0.2, 0.25) is 5.91 Å². The maximum atomic E-state index is 13.2. The van der Waals surface area contributed by atoms with Gasteiger partial charge in [0.25, 0.3) is 5.91 Å². The fourth-order valence-electron chi connectivity index (χ4n) is 3.83. The van der Waals surface area contributed by atoms with Crippen LogP contribution in [0, 0.1) is 5.92 Å². The summed E-state index contributed by atoms with van der Waals surface area (Å²) < 4.78 is 11.8. The molecule has 1 aliphatic heterocycles. The van der Waals surface area contributed by atoms with Gasteiger partial charge in [0.15, 0.2) is 0 Å². The van der Waals surface area contributed by atoms with Crippen molar-refractivity contribution in [1.29, 1.82) is 0 Å². The molecule has 0 spiro atoms. The van der Waals surface area contributed by atoms with Crippen LogP contribution in [0.5, 0.6) is 5.75 Å². The first-order valence-corrected chi connectivity index (χ1v) is 11.5. The maximum Gasteiger partial charge on any atom is 0.319 e. The molecular formula is C24H38N4O5. The number of rotatable bonds is 4. The van der Waals surface area contributed by atoms with E-state index >= 15 is 0 Å². The predicted molar refractivity (Wildman–Crippen MR) is 128 cm³/mol. The molecule has 184 valence electrons. The number of benzene rings is 1. The lowest BCUT2D eigenvalue weighted by Crippen LogP contribution is -2.48. The van der Waals surface area contributed by atoms with Crippen LogP contribution in [-0.2, 0) is 9.53 Å². The molecule has 0 bridgehead atoms. The van der Waals surface area contributed by atoms with E-state index in [9.17, 15) is 14.4 Å². The molecule has 2 rings (SSSR count). The quantitative estimate of drug-likeness (QED) is 0.717. The highest BCUT2D eigenvalue weighted by atomic mass is 16.5. The number of nitrogens with zero attached hydrogens (tertiary/aromatic N) is 2. The van der Waals surface area contributed by atoms with E-state index in [0.717, 1.165) is 0 Å². The molecule has 0 radical (unpaired) electrons. The Kier molecular flexibility index (Phi) is 9.52. The number of carbonyl (C=O) groups excluding carboxylic acids is 3. The fourth-order valence-corrected chi connectivity index (χ4v) is 3.83. The van der Waals surface area contributed by atoms with E-state index in [1.165, 1.54) is 0 Å². The van der Waals surface area contributed by atoms with Crippen molar-refractivity contribution in [3.05, 3.63) is 23.8 Å². The molecule has 0 aliphatic carbocycles. The third-order valence-corrected chi connectivity index (χ3v) is 5.75. The van der Waals surface area contributed by atoms with E-state index in [0.29, 0.717) is 36.5 Å². The first-order chi connectivity index (χ1) is 15.6. The lowest BCUT2D eigenvalue weighted by atomic mass is 10.0. The minimum Gasteiger partial charge on any atom is -0.491 e.